The van der Waals surface area contributed by atoms with Crippen LogP contribution in [-0.4, -0.2) is 89.2 Å². The molecule has 45 heavy (non-hydrogen) atoms. The second-order valence-corrected chi connectivity index (χ2v) is 13.9. The summed E-state index contributed by atoms with van der Waals surface area (Å²) in [7, 11) is 1.28. The van der Waals surface area contributed by atoms with E-state index < -0.39 is 22.1 Å². The van der Waals surface area contributed by atoms with Crippen molar-refractivity contribution in [1.82, 2.24) is 14.5 Å². The van der Waals surface area contributed by atoms with Crippen molar-refractivity contribution < 1.29 is 32.2 Å². The van der Waals surface area contributed by atoms with Crippen molar-refractivity contribution in [2.45, 2.75) is 52.1 Å². The predicted molar refractivity (Wildman–Crippen MR) is 173 cm³/mol. The highest BCUT2D eigenvalue weighted by Gasteiger charge is 2.32. The van der Waals surface area contributed by atoms with Crippen molar-refractivity contribution in [3.63, 3.8) is 0 Å². The average Bonchev–Trinajstić information content (AvgIpc) is 3.23. The number of amides is 2. The van der Waals surface area contributed by atoms with Crippen LogP contribution in [0.2, 0.25) is 0 Å². The summed E-state index contributed by atoms with van der Waals surface area (Å²) in [6.45, 7) is 6.41. The number of anilines is 1. The zero-order valence-electron chi connectivity index (χ0n) is 27.1. The van der Waals surface area contributed by atoms with Gasteiger partial charge in [-0.05, 0) is 60.1 Å². The van der Waals surface area contributed by atoms with E-state index in [9.17, 15) is 22.8 Å². The largest absolute Gasteiger partial charge is 0.493 e. The van der Waals surface area contributed by atoms with Gasteiger partial charge >= 0.3 is 0 Å². The summed E-state index contributed by atoms with van der Waals surface area (Å²) in [6.07, 6.45) is 2.73. The molecule has 1 fully saturated rings. The van der Waals surface area contributed by atoms with E-state index in [-0.39, 0.29) is 55.0 Å². The molecule has 1 aliphatic carbocycles. The van der Waals surface area contributed by atoms with E-state index in [4.69, 9.17) is 14.2 Å². The van der Waals surface area contributed by atoms with Crippen LogP contribution in [0, 0.1) is 5.92 Å². The highest BCUT2D eigenvalue weighted by Crippen LogP contribution is 2.50. The first-order valence-corrected chi connectivity index (χ1v) is 16.9. The number of nitrogens with one attached hydrogen (secondary N) is 2. The number of hydrogen-bond donors (Lipinski definition) is 2. The van der Waals surface area contributed by atoms with Crippen LogP contribution in [-0.2, 0) is 26.0 Å². The van der Waals surface area contributed by atoms with Crippen molar-refractivity contribution in [1.29, 1.82) is 0 Å². The standard InChI is InChI=1S/C32H44N4O8S/c1-19(2)16-26(32(39)35-12-14-36(15-13-35)45(7,40)41)34-25-11-9-22-23(18-27(25)38)24(33-20(3)37)10-8-21-17-28(42-4)30(43-5)31(44-6)29(21)22/h9,11,17-19,24,26H,8,10,12-16H2,1-7H3,(H,33,37)(H,34,38). The number of nitrogens with zero attached hydrogens (tertiary/aromatic N) is 2. The number of carbonyl (C=O) groups excluding carboxylic acids is 2. The number of fused-ring (bicyclic) bond motifs is 3. The average molecular weight is 645 g/mol. The van der Waals surface area contributed by atoms with E-state index in [1.807, 2.05) is 26.0 Å². The Bertz CT molecular complexity index is 1600. The molecule has 2 unspecified atom stereocenters. The van der Waals surface area contributed by atoms with Crippen LogP contribution in [0.3, 0.4) is 0 Å². The molecule has 2 N–H and O–H groups in total. The van der Waals surface area contributed by atoms with Crippen molar-refractivity contribution in [3.8, 4) is 28.4 Å². The zero-order chi connectivity index (χ0) is 33.1. The summed E-state index contributed by atoms with van der Waals surface area (Å²) < 4.78 is 42.4. The third-order valence-corrected chi connectivity index (χ3v) is 9.57. The molecule has 0 aromatic heterocycles. The molecule has 0 saturated carbocycles. The van der Waals surface area contributed by atoms with Crippen LogP contribution in [0.4, 0.5) is 5.69 Å². The van der Waals surface area contributed by atoms with Crippen LogP contribution in [0.15, 0.2) is 29.1 Å². The van der Waals surface area contributed by atoms with Gasteiger partial charge in [-0.1, -0.05) is 19.9 Å². The molecule has 12 nitrogen and oxygen atoms in total. The van der Waals surface area contributed by atoms with E-state index in [1.54, 1.807) is 25.2 Å². The zero-order valence-corrected chi connectivity index (χ0v) is 27.9. The number of piperazine rings is 1. The van der Waals surface area contributed by atoms with Crippen molar-refractivity contribution in [2.75, 3.05) is 59.1 Å². The van der Waals surface area contributed by atoms with Gasteiger partial charge in [-0.15, -0.1) is 0 Å². The quantitative estimate of drug-likeness (QED) is 0.399. The normalized spacial score (nSPS) is 17.4. The lowest BCUT2D eigenvalue weighted by Crippen LogP contribution is -2.54. The minimum absolute atomic E-state index is 0.135. The van der Waals surface area contributed by atoms with Crippen LogP contribution in [0.25, 0.3) is 11.1 Å². The van der Waals surface area contributed by atoms with E-state index >= 15 is 0 Å². The predicted octanol–water partition coefficient (Wildman–Crippen LogP) is 2.79. The van der Waals surface area contributed by atoms with Crippen molar-refractivity contribution in [2.24, 2.45) is 5.92 Å². The van der Waals surface area contributed by atoms with Crippen molar-refractivity contribution in [3.05, 3.63) is 45.6 Å². The maximum Gasteiger partial charge on any atom is 0.245 e. The number of rotatable bonds is 10. The third-order valence-electron chi connectivity index (χ3n) is 8.27. The van der Waals surface area contributed by atoms with Crippen LogP contribution in [0.5, 0.6) is 17.2 Å². The van der Waals surface area contributed by atoms with E-state index in [0.717, 1.165) is 17.4 Å². The lowest BCUT2D eigenvalue weighted by Gasteiger charge is -2.35. The molecule has 1 heterocycles. The van der Waals surface area contributed by atoms with E-state index in [0.29, 0.717) is 47.6 Å². The number of benzene rings is 1. The summed E-state index contributed by atoms with van der Waals surface area (Å²) >= 11 is 0. The molecule has 2 atom stereocenters. The van der Waals surface area contributed by atoms with Gasteiger partial charge in [0.05, 0.1) is 39.3 Å². The Morgan fingerprint density at radius 2 is 1.67 bits per heavy atom. The third kappa shape index (κ3) is 7.52. The number of aryl methyl sites for hydroxylation is 1. The highest BCUT2D eigenvalue weighted by molar-refractivity contribution is 7.88. The Balaban J connectivity index is 1.80. The van der Waals surface area contributed by atoms with Gasteiger partial charge in [-0.2, -0.15) is 4.31 Å². The van der Waals surface area contributed by atoms with Gasteiger partial charge in [0.25, 0.3) is 0 Å². The topological polar surface area (TPSA) is 144 Å². The van der Waals surface area contributed by atoms with E-state index in [1.165, 1.54) is 24.4 Å². The molecule has 246 valence electrons. The molecule has 2 aliphatic rings. The monoisotopic (exact) mass is 644 g/mol. The molecular weight excluding hydrogens is 600 g/mol. The molecule has 2 amide bonds. The Labute approximate surface area is 265 Å². The van der Waals surface area contributed by atoms with Crippen LogP contribution >= 0.6 is 0 Å². The first-order valence-electron chi connectivity index (χ1n) is 15.1. The highest BCUT2D eigenvalue weighted by atomic mass is 32.2. The van der Waals surface area contributed by atoms with Crippen LogP contribution in [0.1, 0.15) is 50.8 Å². The Kier molecular flexibility index (Phi) is 10.6. The van der Waals surface area contributed by atoms with E-state index in [2.05, 4.69) is 10.6 Å². The fourth-order valence-electron chi connectivity index (χ4n) is 6.17. The fourth-order valence-corrected chi connectivity index (χ4v) is 6.99. The fraction of sp³-hybridized carbons (Fsp3) is 0.531. The summed E-state index contributed by atoms with van der Waals surface area (Å²) in [6, 6.07) is 5.72. The molecule has 0 bridgehead atoms. The van der Waals surface area contributed by atoms with Crippen molar-refractivity contribution >= 4 is 27.5 Å². The molecule has 0 radical (unpaired) electrons. The molecule has 2 aromatic carbocycles. The maximum atomic E-state index is 13.8. The number of ether oxygens (including phenoxy) is 3. The second-order valence-electron chi connectivity index (χ2n) is 11.9. The smallest absolute Gasteiger partial charge is 0.245 e. The van der Waals surface area contributed by atoms with Gasteiger partial charge in [-0.3, -0.25) is 14.4 Å². The molecular formula is C32H44N4O8S. The molecule has 4 rings (SSSR count). The first kappa shape index (κ1) is 34.0. The molecule has 2 aromatic rings. The number of hydrogen-bond acceptors (Lipinski definition) is 9. The maximum absolute atomic E-state index is 13.8. The number of methoxy groups -OCH3 is 3. The lowest BCUT2D eigenvalue weighted by molar-refractivity contribution is -0.133. The summed E-state index contributed by atoms with van der Waals surface area (Å²) in [5.41, 5.74) is 2.85. The number of carbonyl (C=O) groups is 2. The SMILES string of the molecule is COc1cc2c(c(OC)c1OC)-c1ccc(NC(CC(C)C)C(=O)N3CCN(S(C)(=O)=O)CC3)c(=O)cc1C(NC(C)=O)CC2. The van der Waals surface area contributed by atoms with Gasteiger partial charge in [0.1, 0.15) is 6.04 Å². The van der Waals surface area contributed by atoms with Gasteiger partial charge in [0, 0.05) is 38.7 Å². The number of sulfonamides is 1. The minimum Gasteiger partial charge on any atom is -0.493 e. The lowest BCUT2D eigenvalue weighted by atomic mass is 9.95. The Hall–Kier alpha value is -3.84. The van der Waals surface area contributed by atoms with Gasteiger partial charge in [0.2, 0.25) is 33.0 Å². The Morgan fingerprint density at radius 3 is 2.22 bits per heavy atom. The summed E-state index contributed by atoms with van der Waals surface area (Å²) in [5, 5.41) is 6.23. The molecule has 0 spiro atoms. The van der Waals surface area contributed by atoms with Gasteiger partial charge in [-0.25, -0.2) is 8.42 Å². The van der Waals surface area contributed by atoms with Gasteiger partial charge in [0.15, 0.2) is 11.5 Å². The van der Waals surface area contributed by atoms with Crippen LogP contribution < -0.4 is 30.3 Å². The van der Waals surface area contributed by atoms with Gasteiger partial charge < -0.3 is 29.7 Å². The summed E-state index contributed by atoms with van der Waals surface area (Å²) in [5.74, 6) is 1.08. The molecule has 1 aliphatic heterocycles. The summed E-state index contributed by atoms with van der Waals surface area (Å²) in [4.78, 5) is 41.5. The Morgan fingerprint density at radius 1 is 1.00 bits per heavy atom. The minimum atomic E-state index is -3.35. The molecule has 1 saturated heterocycles. The second kappa shape index (κ2) is 14.1. The first-order chi connectivity index (χ1) is 21.3. The molecule has 13 heteroatoms.